The molecule has 5 nitrogen and oxygen atoms in total. The lowest BCUT2D eigenvalue weighted by atomic mass is 9.85. The van der Waals surface area contributed by atoms with Gasteiger partial charge in [-0.05, 0) is 25.8 Å². The van der Waals surface area contributed by atoms with Gasteiger partial charge in [0.2, 0.25) is 0 Å². The van der Waals surface area contributed by atoms with Gasteiger partial charge >= 0.3 is 0 Å². The normalized spacial score (nSPS) is 33.3. The van der Waals surface area contributed by atoms with Crippen molar-refractivity contribution in [2.45, 2.75) is 44.4 Å². The average molecular weight is 287 g/mol. The fraction of sp³-hybridized carbons (Fsp3) is 1.00. The van der Waals surface area contributed by atoms with Crippen molar-refractivity contribution in [3.8, 4) is 0 Å². The second-order valence-corrected chi connectivity index (χ2v) is 5.73. The second-order valence-electron chi connectivity index (χ2n) is 5.73. The van der Waals surface area contributed by atoms with Crippen LogP contribution in [0.25, 0.3) is 0 Å². The van der Waals surface area contributed by atoms with E-state index in [0.717, 1.165) is 45.6 Å². The van der Waals surface area contributed by atoms with E-state index in [-0.39, 0.29) is 12.2 Å². The maximum absolute atomic E-state index is 6.03. The van der Waals surface area contributed by atoms with E-state index in [0.29, 0.717) is 25.2 Å². The standard InChI is InChI=1S/C15H29NO4/c1-3-5-16-13-9-14(15(13)19-8-7-17-2)20-11-12-4-6-18-10-12/h12-16H,3-11H2,1-2H3. The molecule has 1 aliphatic heterocycles. The summed E-state index contributed by atoms with van der Waals surface area (Å²) >= 11 is 0. The Balaban J connectivity index is 1.69. The van der Waals surface area contributed by atoms with Crippen molar-refractivity contribution in [3.63, 3.8) is 0 Å². The van der Waals surface area contributed by atoms with E-state index in [2.05, 4.69) is 12.2 Å². The summed E-state index contributed by atoms with van der Waals surface area (Å²) in [5.74, 6) is 0.567. The minimum atomic E-state index is 0.166. The summed E-state index contributed by atoms with van der Waals surface area (Å²) in [5.41, 5.74) is 0. The monoisotopic (exact) mass is 287 g/mol. The van der Waals surface area contributed by atoms with Crippen molar-refractivity contribution in [2.24, 2.45) is 5.92 Å². The Bertz CT molecular complexity index is 258. The number of nitrogens with one attached hydrogen (secondary N) is 1. The van der Waals surface area contributed by atoms with Crippen LogP contribution in [0.15, 0.2) is 0 Å². The highest BCUT2D eigenvalue weighted by atomic mass is 16.6. The summed E-state index contributed by atoms with van der Waals surface area (Å²) in [4.78, 5) is 0. The Kier molecular flexibility index (Phi) is 7.24. The average Bonchev–Trinajstić information content (AvgIpc) is 2.95. The number of rotatable bonds is 10. The number of hydrogen-bond acceptors (Lipinski definition) is 5. The summed E-state index contributed by atoms with van der Waals surface area (Å²) in [5, 5.41) is 3.53. The van der Waals surface area contributed by atoms with Gasteiger partial charge in [0.15, 0.2) is 0 Å². The molecular formula is C15H29NO4. The molecule has 1 aliphatic carbocycles. The number of methoxy groups -OCH3 is 1. The number of hydrogen-bond donors (Lipinski definition) is 1. The highest BCUT2D eigenvalue weighted by Crippen LogP contribution is 2.28. The largest absolute Gasteiger partial charge is 0.382 e. The zero-order chi connectivity index (χ0) is 14.2. The van der Waals surface area contributed by atoms with Crippen molar-refractivity contribution >= 4 is 0 Å². The van der Waals surface area contributed by atoms with Gasteiger partial charge in [-0.15, -0.1) is 0 Å². The Morgan fingerprint density at radius 3 is 2.85 bits per heavy atom. The lowest BCUT2D eigenvalue weighted by Gasteiger charge is -2.44. The molecule has 1 saturated heterocycles. The Morgan fingerprint density at radius 2 is 2.15 bits per heavy atom. The third kappa shape index (κ3) is 4.67. The molecule has 0 aromatic heterocycles. The molecule has 5 heteroatoms. The predicted molar refractivity (Wildman–Crippen MR) is 77.0 cm³/mol. The van der Waals surface area contributed by atoms with Crippen LogP contribution in [0.5, 0.6) is 0 Å². The zero-order valence-electron chi connectivity index (χ0n) is 12.8. The first-order valence-corrected chi connectivity index (χ1v) is 7.88. The smallest absolute Gasteiger partial charge is 0.0991 e. The maximum atomic E-state index is 6.03. The topological polar surface area (TPSA) is 49.0 Å². The van der Waals surface area contributed by atoms with Gasteiger partial charge in [0.1, 0.15) is 0 Å². The quantitative estimate of drug-likeness (QED) is 0.612. The predicted octanol–water partition coefficient (Wildman–Crippen LogP) is 1.21. The van der Waals surface area contributed by atoms with Gasteiger partial charge in [-0.25, -0.2) is 0 Å². The third-order valence-corrected chi connectivity index (χ3v) is 4.07. The third-order valence-electron chi connectivity index (χ3n) is 4.07. The van der Waals surface area contributed by atoms with E-state index in [1.807, 2.05) is 0 Å². The van der Waals surface area contributed by atoms with Crippen molar-refractivity contribution in [2.75, 3.05) is 46.7 Å². The molecular weight excluding hydrogens is 258 g/mol. The summed E-state index contributed by atoms with van der Waals surface area (Å²) < 4.78 is 22.4. The number of ether oxygens (including phenoxy) is 4. The van der Waals surface area contributed by atoms with E-state index in [9.17, 15) is 0 Å². The van der Waals surface area contributed by atoms with Gasteiger partial charge in [-0.2, -0.15) is 0 Å². The van der Waals surface area contributed by atoms with Gasteiger partial charge in [-0.1, -0.05) is 6.92 Å². The molecule has 0 aromatic rings. The molecule has 2 aliphatic rings. The molecule has 2 rings (SSSR count). The van der Waals surface area contributed by atoms with Crippen LogP contribution in [0.2, 0.25) is 0 Å². The van der Waals surface area contributed by atoms with Crippen LogP contribution in [0, 0.1) is 5.92 Å². The van der Waals surface area contributed by atoms with E-state index < -0.39 is 0 Å². The van der Waals surface area contributed by atoms with Crippen molar-refractivity contribution < 1.29 is 18.9 Å². The van der Waals surface area contributed by atoms with Crippen LogP contribution in [-0.2, 0) is 18.9 Å². The molecule has 118 valence electrons. The molecule has 0 aromatic carbocycles. The van der Waals surface area contributed by atoms with E-state index in [1.165, 1.54) is 0 Å². The van der Waals surface area contributed by atoms with Gasteiger partial charge in [-0.3, -0.25) is 0 Å². The van der Waals surface area contributed by atoms with Gasteiger partial charge in [0, 0.05) is 25.7 Å². The van der Waals surface area contributed by atoms with Crippen LogP contribution in [0.4, 0.5) is 0 Å². The molecule has 2 fully saturated rings. The fourth-order valence-corrected chi connectivity index (χ4v) is 2.74. The Morgan fingerprint density at radius 1 is 1.25 bits per heavy atom. The van der Waals surface area contributed by atoms with E-state index >= 15 is 0 Å². The molecule has 0 spiro atoms. The molecule has 20 heavy (non-hydrogen) atoms. The van der Waals surface area contributed by atoms with Gasteiger partial charge < -0.3 is 24.3 Å². The van der Waals surface area contributed by atoms with Crippen molar-refractivity contribution in [1.29, 1.82) is 0 Å². The first-order valence-electron chi connectivity index (χ1n) is 7.88. The van der Waals surface area contributed by atoms with Crippen molar-refractivity contribution in [3.05, 3.63) is 0 Å². The lowest BCUT2D eigenvalue weighted by molar-refractivity contribution is -0.156. The van der Waals surface area contributed by atoms with Crippen LogP contribution >= 0.6 is 0 Å². The summed E-state index contributed by atoms with van der Waals surface area (Å²) in [6.07, 6.45) is 3.71. The van der Waals surface area contributed by atoms with Gasteiger partial charge in [0.05, 0.1) is 38.6 Å². The molecule has 0 radical (unpaired) electrons. The zero-order valence-corrected chi connectivity index (χ0v) is 12.8. The Hall–Kier alpha value is -0.200. The SMILES string of the molecule is CCCNC1CC(OCC2CCOC2)C1OCCOC. The van der Waals surface area contributed by atoms with Gasteiger partial charge in [0.25, 0.3) is 0 Å². The summed E-state index contributed by atoms with van der Waals surface area (Å²) in [6.45, 7) is 7.03. The maximum Gasteiger partial charge on any atom is 0.0991 e. The van der Waals surface area contributed by atoms with E-state index in [1.54, 1.807) is 7.11 Å². The van der Waals surface area contributed by atoms with Crippen LogP contribution < -0.4 is 5.32 Å². The molecule has 1 heterocycles. The minimum Gasteiger partial charge on any atom is -0.382 e. The molecule has 1 N–H and O–H groups in total. The second kappa shape index (κ2) is 8.95. The highest BCUT2D eigenvalue weighted by molar-refractivity contribution is 4.97. The van der Waals surface area contributed by atoms with Crippen LogP contribution in [0.1, 0.15) is 26.2 Å². The van der Waals surface area contributed by atoms with Crippen LogP contribution in [-0.4, -0.2) is 64.9 Å². The lowest BCUT2D eigenvalue weighted by Crippen LogP contribution is -2.60. The Labute approximate surface area is 122 Å². The van der Waals surface area contributed by atoms with Crippen molar-refractivity contribution in [1.82, 2.24) is 5.32 Å². The summed E-state index contributed by atoms with van der Waals surface area (Å²) in [7, 11) is 1.70. The van der Waals surface area contributed by atoms with Crippen LogP contribution in [0.3, 0.4) is 0 Å². The summed E-state index contributed by atoms with van der Waals surface area (Å²) in [6, 6.07) is 0.427. The highest BCUT2D eigenvalue weighted by Gasteiger charge is 2.42. The fourth-order valence-electron chi connectivity index (χ4n) is 2.74. The van der Waals surface area contributed by atoms with E-state index in [4.69, 9.17) is 18.9 Å². The molecule has 4 atom stereocenters. The first kappa shape index (κ1) is 16.2. The first-order chi connectivity index (χ1) is 9.85. The minimum absolute atomic E-state index is 0.166. The molecule has 0 amide bonds. The molecule has 4 unspecified atom stereocenters. The molecule has 1 saturated carbocycles. The molecule has 0 bridgehead atoms.